The van der Waals surface area contributed by atoms with Gasteiger partial charge in [-0.2, -0.15) is 4.31 Å². The van der Waals surface area contributed by atoms with Gasteiger partial charge in [0.05, 0.1) is 10.6 Å². The second kappa shape index (κ2) is 9.68. The summed E-state index contributed by atoms with van der Waals surface area (Å²) in [6.45, 7) is 5.70. The maximum Gasteiger partial charge on any atom is 0.243 e. The van der Waals surface area contributed by atoms with Crippen molar-refractivity contribution < 1.29 is 12.8 Å². The molecule has 1 saturated heterocycles. The number of aryl methyl sites for hydroxylation is 2. The number of piperazine rings is 1. The lowest BCUT2D eigenvalue weighted by atomic mass is 10.1. The van der Waals surface area contributed by atoms with Gasteiger partial charge in [0.1, 0.15) is 5.82 Å². The zero-order valence-electron chi connectivity index (χ0n) is 18.4. The lowest BCUT2D eigenvalue weighted by Gasteiger charge is -2.34. The summed E-state index contributed by atoms with van der Waals surface area (Å²) in [6, 6.07) is 12.6. The van der Waals surface area contributed by atoms with E-state index >= 15 is 0 Å². The van der Waals surface area contributed by atoms with E-state index in [4.69, 9.17) is 4.98 Å². The van der Waals surface area contributed by atoms with Crippen molar-refractivity contribution in [3.8, 4) is 0 Å². The molecule has 1 aromatic heterocycles. The van der Waals surface area contributed by atoms with Crippen molar-refractivity contribution in [1.29, 1.82) is 0 Å². The largest absolute Gasteiger partial charge is 0.345 e. The molecule has 0 amide bonds. The predicted molar refractivity (Wildman–Crippen MR) is 127 cm³/mol. The normalized spacial score (nSPS) is 15.3. The van der Waals surface area contributed by atoms with Crippen LogP contribution in [0.3, 0.4) is 0 Å². The molecule has 1 aliphatic rings. The fourth-order valence-corrected chi connectivity index (χ4v) is 6.49. The van der Waals surface area contributed by atoms with Crippen molar-refractivity contribution in [2.24, 2.45) is 0 Å². The van der Waals surface area contributed by atoms with Gasteiger partial charge in [-0.05, 0) is 42.2 Å². The first kappa shape index (κ1) is 22.9. The molecule has 0 N–H and O–H groups in total. The van der Waals surface area contributed by atoms with Crippen LogP contribution in [-0.4, -0.2) is 43.9 Å². The Morgan fingerprint density at radius 2 is 1.72 bits per heavy atom. The highest BCUT2D eigenvalue weighted by atomic mass is 32.2. The maximum atomic E-state index is 13.6. The van der Waals surface area contributed by atoms with Crippen molar-refractivity contribution in [2.75, 3.05) is 31.1 Å². The van der Waals surface area contributed by atoms with Crippen LogP contribution in [0.15, 0.2) is 52.7 Å². The maximum absolute atomic E-state index is 13.6. The summed E-state index contributed by atoms with van der Waals surface area (Å²) < 4.78 is 41.1. The average Bonchev–Trinajstić information content (AvgIpc) is 3.25. The summed E-state index contributed by atoms with van der Waals surface area (Å²) in [6.07, 6.45) is 3.03. The number of hydrogen-bond acceptors (Lipinski definition) is 5. The van der Waals surface area contributed by atoms with Crippen LogP contribution >= 0.6 is 11.3 Å². The highest BCUT2D eigenvalue weighted by Gasteiger charge is 2.30. The van der Waals surface area contributed by atoms with Crippen LogP contribution in [-0.2, 0) is 22.9 Å². The van der Waals surface area contributed by atoms with Gasteiger partial charge in [-0.3, -0.25) is 0 Å². The molecule has 170 valence electrons. The van der Waals surface area contributed by atoms with Crippen LogP contribution in [0.5, 0.6) is 0 Å². The molecule has 0 aliphatic carbocycles. The summed E-state index contributed by atoms with van der Waals surface area (Å²) in [5, 5.41) is 3.00. The van der Waals surface area contributed by atoms with E-state index < -0.39 is 15.8 Å². The molecule has 1 fully saturated rings. The highest BCUT2D eigenvalue weighted by Crippen LogP contribution is 2.26. The number of rotatable bonds is 7. The number of thiazole rings is 1. The fourth-order valence-electron chi connectivity index (χ4n) is 3.95. The summed E-state index contributed by atoms with van der Waals surface area (Å²) in [5.74, 6) is -0.539. The SMILES string of the molecule is CCCc1ccc(Cc2csc(N3CCN(S(=O)(=O)c4cc(F)ccc4C)CC3)n2)cc1. The summed E-state index contributed by atoms with van der Waals surface area (Å²) in [4.78, 5) is 6.96. The van der Waals surface area contributed by atoms with Crippen LogP contribution in [0.4, 0.5) is 9.52 Å². The van der Waals surface area contributed by atoms with Gasteiger partial charge in [0.25, 0.3) is 0 Å². The second-order valence-electron chi connectivity index (χ2n) is 8.17. The molecule has 0 atom stereocenters. The Morgan fingerprint density at radius 3 is 2.41 bits per heavy atom. The Bertz CT molecular complexity index is 1170. The van der Waals surface area contributed by atoms with Crippen molar-refractivity contribution in [2.45, 2.75) is 38.0 Å². The van der Waals surface area contributed by atoms with Crippen LogP contribution in [0.2, 0.25) is 0 Å². The van der Waals surface area contributed by atoms with E-state index in [1.165, 1.54) is 27.6 Å². The topological polar surface area (TPSA) is 53.5 Å². The van der Waals surface area contributed by atoms with E-state index in [9.17, 15) is 12.8 Å². The van der Waals surface area contributed by atoms with Gasteiger partial charge in [-0.15, -0.1) is 11.3 Å². The van der Waals surface area contributed by atoms with E-state index in [0.29, 0.717) is 31.7 Å². The second-order valence-corrected chi connectivity index (χ2v) is 10.9. The standard InChI is InChI=1S/C24H28FN3O2S2/c1-3-4-19-6-8-20(9-7-19)15-22-17-31-24(26-22)27-11-13-28(14-12-27)32(29,30)23-16-21(25)10-5-18(23)2/h5-10,16-17H,3-4,11-15H2,1-2H3. The molecule has 2 aromatic carbocycles. The molecule has 4 rings (SSSR count). The van der Waals surface area contributed by atoms with Gasteiger partial charge in [0.15, 0.2) is 5.13 Å². The quantitative estimate of drug-likeness (QED) is 0.502. The van der Waals surface area contributed by atoms with Gasteiger partial charge >= 0.3 is 0 Å². The lowest BCUT2D eigenvalue weighted by molar-refractivity contribution is 0.384. The minimum absolute atomic E-state index is 0.0486. The first-order valence-electron chi connectivity index (χ1n) is 10.9. The average molecular weight is 474 g/mol. The fraction of sp³-hybridized carbons (Fsp3) is 0.375. The van der Waals surface area contributed by atoms with Crippen LogP contribution in [0, 0.1) is 12.7 Å². The third kappa shape index (κ3) is 5.03. The third-order valence-electron chi connectivity index (χ3n) is 5.76. The van der Waals surface area contributed by atoms with Gasteiger partial charge in [-0.25, -0.2) is 17.8 Å². The Hall–Kier alpha value is -2.29. The first-order chi connectivity index (χ1) is 15.4. The summed E-state index contributed by atoms with van der Waals surface area (Å²) in [5.41, 5.74) is 4.18. The smallest absolute Gasteiger partial charge is 0.243 e. The molecule has 2 heterocycles. The minimum atomic E-state index is -3.71. The van der Waals surface area contributed by atoms with Crippen LogP contribution in [0.1, 0.15) is 35.7 Å². The Balaban J connectivity index is 1.38. The van der Waals surface area contributed by atoms with Crippen molar-refractivity contribution in [3.63, 3.8) is 0 Å². The Morgan fingerprint density at radius 1 is 1.03 bits per heavy atom. The number of sulfonamides is 1. The Labute approximate surface area is 193 Å². The zero-order valence-corrected chi connectivity index (χ0v) is 20.1. The molecule has 0 bridgehead atoms. The summed E-state index contributed by atoms with van der Waals surface area (Å²) in [7, 11) is -3.71. The molecule has 8 heteroatoms. The molecule has 5 nitrogen and oxygen atoms in total. The van der Waals surface area contributed by atoms with Gasteiger partial charge in [-0.1, -0.05) is 43.7 Å². The molecule has 3 aromatic rings. The van der Waals surface area contributed by atoms with E-state index in [1.807, 2.05) is 0 Å². The van der Waals surface area contributed by atoms with E-state index in [0.717, 1.165) is 36.2 Å². The highest BCUT2D eigenvalue weighted by molar-refractivity contribution is 7.89. The van der Waals surface area contributed by atoms with Crippen molar-refractivity contribution in [3.05, 3.63) is 76.0 Å². The van der Waals surface area contributed by atoms with Crippen molar-refractivity contribution in [1.82, 2.24) is 9.29 Å². The predicted octanol–water partition coefficient (Wildman–Crippen LogP) is 4.64. The minimum Gasteiger partial charge on any atom is -0.345 e. The van der Waals surface area contributed by atoms with Crippen LogP contribution < -0.4 is 4.90 Å². The molecule has 0 unspecified atom stereocenters. The number of nitrogens with zero attached hydrogens (tertiary/aromatic N) is 3. The number of halogens is 1. The van der Waals surface area contributed by atoms with Gasteiger partial charge in [0, 0.05) is 38.0 Å². The molecule has 0 radical (unpaired) electrons. The van der Waals surface area contributed by atoms with E-state index in [2.05, 4.69) is 41.5 Å². The van der Waals surface area contributed by atoms with Gasteiger partial charge < -0.3 is 4.90 Å². The van der Waals surface area contributed by atoms with Gasteiger partial charge in [0.2, 0.25) is 10.0 Å². The number of benzene rings is 2. The third-order valence-corrected chi connectivity index (χ3v) is 8.75. The zero-order chi connectivity index (χ0) is 22.7. The van der Waals surface area contributed by atoms with Crippen LogP contribution in [0.25, 0.3) is 0 Å². The number of anilines is 1. The lowest BCUT2D eigenvalue weighted by Crippen LogP contribution is -2.48. The molecule has 0 spiro atoms. The monoisotopic (exact) mass is 473 g/mol. The van der Waals surface area contributed by atoms with E-state index in [1.54, 1.807) is 18.3 Å². The molecular weight excluding hydrogens is 445 g/mol. The van der Waals surface area contributed by atoms with Crippen molar-refractivity contribution >= 4 is 26.5 Å². The van der Waals surface area contributed by atoms with E-state index in [-0.39, 0.29) is 4.90 Å². The molecular formula is C24H28FN3O2S2. The molecule has 32 heavy (non-hydrogen) atoms. The first-order valence-corrected chi connectivity index (χ1v) is 13.2. The molecule has 0 saturated carbocycles. The molecule has 1 aliphatic heterocycles. The Kier molecular flexibility index (Phi) is 6.93. The number of aromatic nitrogens is 1. The number of hydrogen-bond donors (Lipinski definition) is 0. The summed E-state index contributed by atoms with van der Waals surface area (Å²) >= 11 is 1.59.